The molecule has 0 radical (unpaired) electrons. The van der Waals surface area contributed by atoms with E-state index in [1.165, 1.54) is 21.7 Å². The van der Waals surface area contributed by atoms with Gasteiger partial charge in [-0.05, 0) is 38.0 Å². The van der Waals surface area contributed by atoms with E-state index in [0.29, 0.717) is 11.5 Å². The number of nitrogens with zero attached hydrogens (tertiary/aromatic N) is 2. The molecule has 3 atom stereocenters. The number of aliphatic hydroxyl groups excluding tert-OH is 1. The van der Waals surface area contributed by atoms with Crippen LogP contribution in [0, 0.1) is 23.7 Å². The maximum atomic E-state index is 13.4. The van der Waals surface area contributed by atoms with Crippen LogP contribution in [0.15, 0.2) is 23.1 Å². The zero-order chi connectivity index (χ0) is 23.0. The Morgan fingerprint density at radius 2 is 2.03 bits per heavy atom. The summed E-state index contributed by atoms with van der Waals surface area (Å²) >= 11 is 0. The van der Waals surface area contributed by atoms with Gasteiger partial charge in [-0.15, -0.1) is 0 Å². The van der Waals surface area contributed by atoms with Crippen LogP contribution in [0.1, 0.15) is 32.3 Å². The minimum atomic E-state index is -3.93. The normalized spacial score (nSPS) is 24.8. The highest BCUT2D eigenvalue weighted by atomic mass is 32.2. The van der Waals surface area contributed by atoms with Crippen molar-refractivity contribution in [1.29, 1.82) is 0 Å². The van der Waals surface area contributed by atoms with E-state index in [-0.39, 0.29) is 36.3 Å². The van der Waals surface area contributed by atoms with Gasteiger partial charge >= 0.3 is 0 Å². The van der Waals surface area contributed by atoms with E-state index in [0.717, 1.165) is 19.1 Å². The monoisotopic (exact) mass is 470 g/mol. The molecule has 1 N–H and O–H groups in total. The van der Waals surface area contributed by atoms with Gasteiger partial charge in [0.15, 0.2) is 0 Å². The van der Waals surface area contributed by atoms with Gasteiger partial charge in [0.2, 0.25) is 20.0 Å². The van der Waals surface area contributed by atoms with E-state index >= 15 is 0 Å². The molecular formula is C21H30N2O6S2. The van der Waals surface area contributed by atoms with Gasteiger partial charge < -0.3 is 9.84 Å². The Hall–Kier alpha value is -1.64. The summed E-state index contributed by atoms with van der Waals surface area (Å²) in [5.41, 5.74) is 0.644. The Balaban J connectivity index is 2.07. The zero-order valence-electron chi connectivity index (χ0n) is 18.3. The van der Waals surface area contributed by atoms with Crippen molar-refractivity contribution in [2.24, 2.45) is 11.8 Å². The predicted molar refractivity (Wildman–Crippen MR) is 118 cm³/mol. The summed E-state index contributed by atoms with van der Waals surface area (Å²) in [6.07, 6.45) is 2.68. The summed E-state index contributed by atoms with van der Waals surface area (Å²) < 4.78 is 59.3. The number of fused-ring (bicyclic) bond motifs is 1. The Bertz CT molecular complexity index is 1090. The Morgan fingerprint density at radius 3 is 2.61 bits per heavy atom. The van der Waals surface area contributed by atoms with Gasteiger partial charge in [-0.1, -0.05) is 18.8 Å². The number of likely N-dealkylation sites (N-methyl/N-ethyl adjacent to an activating group) is 1. The summed E-state index contributed by atoms with van der Waals surface area (Å²) in [5, 5.41) is 9.66. The third-order valence-electron chi connectivity index (χ3n) is 5.67. The number of ether oxygens (including phenoxy) is 1. The zero-order valence-corrected chi connectivity index (χ0v) is 19.9. The molecule has 0 aromatic heterocycles. The SMILES string of the molecule is C[C@@H]1CN([C@H](C)CO)S(=O)(=O)c2ccc(C#CC3CC3)cc2O[C@H]1CN(C)S(C)(=O)=O. The minimum Gasteiger partial charge on any atom is -0.487 e. The first kappa shape index (κ1) is 24.0. The van der Waals surface area contributed by atoms with Crippen molar-refractivity contribution in [1.82, 2.24) is 8.61 Å². The topological polar surface area (TPSA) is 104 Å². The molecule has 2 aliphatic rings. The molecule has 1 aliphatic heterocycles. The first-order chi connectivity index (χ1) is 14.4. The molecule has 1 aliphatic carbocycles. The highest BCUT2D eigenvalue weighted by Gasteiger charge is 2.38. The van der Waals surface area contributed by atoms with Crippen LogP contribution >= 0.6 is 0 Å². The van der Waals surface area contributed by atoms with Crippen LogP contribution in [0.25, 0.3) is 0 Å². The van der Waals surface area contributed by atoms with E-state index in [9.17, 15) is 21.9 Å². The van der Waals surface area contributed by atoms with Crippen molar-refractivity contribution in [2.45, 2.75) is 43.7 Å². The lowest BCUT2D eigenvalue weighted by molar-refractivity contribution is 0.0905. The summed E-state index contributed by atoms with van der Waals surface area (Å²) in [7, 11) is -5.91. The maximum Gasteiger partial charge on any atom is 0.247 e. The van der Waals surface area contributed by atoms with Crippen LogP contribution in [0.4, 0.5) is 0 Å². The first-order valence-corrected chi connectivity index (χ1v) is 13.6. The molecule has 8 nitrogen and oxygen atoms in total. The fourth-order valence-corrected chi connectivity index (χ4v) is 5.57. The standard InChI is InChI=1S/C21H30N2O6S2/c1-15-12-23(16(2)14-24)31(27,28)21-10-9-18(8-7-17-5-6-17)11-19(21)29-20(15)13-22(3)30(4,25)26/h9-11,15-17,20,24H,5-6,12-14H2,1-4H3/t15-,16-,20+/m1/s1. The molecule has 1 heterocycles. The van der Waals surface area contributed by atoms with Crippen molar-refractivity contribution < 1.29 is 26.7 Å². The van der Waals surface area contributed by atoms with Crippen LogP contribution < -0.4 is 4.74 Å². The van der Waals surface area contributed by atoms with Crippen molar-refractivity contribution in [3.8, 4) is 17.6 Å². The summed E-state index contributed by atoms with van der Waals surface area (Å²) in [6.45, 7) is 3.28. The largest absolute Gasteiger partial charge is 0.487 e. The van der Waals surface area contributed by atoms with Crippen molar-refractivity contribution >= 4 is 20.0 Å². The van der Waals surface area contributed by atoms with Gasteiger partial charge in [-0.2, -0.15) is 4.31 Å². The molecular weight excluding hydrogens is 440 g/mol. The van der Waals surface area contributed by atoms with Gasteiger partial charge in [0.05, 0.1) is 19.4 Å². The smallest absolute Gasteiger partial charge is 0.247 e. The van der Waals surface area contributed by atoms with Gasteiger partial charge in [0, 0.05) is 37.0 Å². The molecule has 31 heavy (non-hydrogen) atoms. The van der Waals surface area contributed by atoms with Crippen molar-refractivity contribution in [2.75, 3.05) is 33.0 Å². The Labute approximate surface area is 185 Å². The molecule has 1 saturated carbocycles. The molecule has 3 rings (SSSR count). The number of aliphatic hydroxyl groups is 1. The predicted octanol–water partition coefficient (Wildman–Crippen LogP) is 1.11. The van der Waals surface area contributed by atoms with Crippen molar-refractivity contribution in [3.05, 3.63) is 23.8 Å². The number of hydrogen-bond donors (Lipinski definition) is 1. The second-order valence-corrected chi connectivity index (χ2v) is 12.4. The third kappa shape index (κ3) is 5.59. The molecule has 1 aromatic carbocycles. The second-order valence-electron chi connectivity index (χ2n) is 8.49. The molecule has 0 saturated heterocycles. The minimum absolute atomic E-state index is 0.0105. The molecule has 172 valence electrons. The van der Waals surface area contributed by atoms with E-state index in [1.54, 1.807) is 19.1 Å². The molecule has 0 amide bonds. The first-order valence-electron chi connectivity index (χ1n) is 10.3. The molecule has 0 unspecified atom stereocenters. The fourth-order valence-electron chi connectivity index (χ4n) is 3.32. The number of benzene rings is 1. The van der Waals surface area contributed by atoms with E-state index in [2.05, 4.69) is 11.8 Å². The van der Waals surface area contributed by atoms with Crippen LogP contribution in [-0.2, 0) is 20.0 Å². The molecule has 10 heteroatoms. The van der Waals surface area contributed by atoms with Crippen LogP contribution in [0.2, 0.25) is 0 Å². The van der Waals surface area contributed by atoms with Gasteiger partial charge in [-0.3, -0.25) is 0 Å². The average Bonchev–Trinajstić information content (AvgIpc) is 3.52. The van der Waals surface area contributed by atoms with Crippen molar-refractivity contribution in [3.63, 3.8) is 0 Å². The Kier molecular flexibility index (Phi) is 7.03. The number of rotatable bonds is 5. The molecule has 0 bridgehead atoms. The Morgan fingerprint density at radius 1 is 1.35 bits per heavy atom. The summed E-state index contributed by atoms with van der Waals surface area (Å²) in [4.78, 5) is -0.0105. The van der Waals surface area contributed by atoms with Crippen LogP contribution in [-0.4, -0.2) is 75.7 Å². The van der Waals surface area contributed by atoms with Crippen LogP contribution in [0.3, 0.4) is 0 Å². The highest BCUT2D eigenvalue weighted by molar-refractivity contribution is 7.89. The maximum absolute atomic E-state index is 13.4. The quantitative estimate of drug-likeness (QED) is 0.647. The average molecular weight is 471 g/mol. The van der Waals surface area contributed by atoms with Gasteiger partial charge in [0.1, 0.15) is 16.7 Å². The molecule has 1 fully saturated rings. The molecule has 1 aromatic rings. The second kappa shape index (κ2) is 9.08. The lowest BCUT2D eigenvalue weighted by Crippen LogP contribution is -2.50. The third-order valence-corrected chi connectivity index (χ3v) is 8.97. The summed E-state index contributed by atoms with van der Waals surface area (Å²) in [5.74, 6) is 6.43. The molecule has 0 spiro atoms. The van der Waals surface area contributed by atoms with E-state index in [4.69, 9.17) is 4.74 Å². The lowest BCUT2D eigenvalue weighted by Gasteiger charge is -2.37. The highest BCUT2D eigenvalue weighted by Crippen LogP contribution is 2.34. The van der Waals surface area contributed by atoms with Crippen LogP contribution in [0.5, 0.6) is 5.75 Å². The van der Waals surface area contributed by atoms with Gasteiger partial charge in [-0.25, -0.2) is 21.1 Å². The summed E-state index contributed by atoms with van der Waals surface area (Å²) in [6, 6.07) is 4.10. The number of sulfonamides is 2. The fraction of sp³-hybridized carbons (Fsp3) is 0.619. The van der Waals surface area contributed by atoms with Gasteiger partial charge in [0.25, 0.3) is 0 Å². The lowest BCUT2D eigenvalue weighted by atomic mass is 10.0. The number of hydrogen-bond acceptors (Lipinski definition) is 6. The van der Waals surface area contributed by atoms with E-state index < -0.39 is 32.2 Å². The van der Waals surface area contributed by atoms with E-state index in [1.807, 2.05) is 6.92 Å².